The lowest BCUT2D eigenvalue weighted by Crippen LogP contribution is -2.02. The second-order valence-electron chi connectivity index (χ2n) is 4.13. The van der Waals surface area contributed by atoms with Gasteiger partial charge in [-0.25, -0.2) is 0 Å². The number of hydrogen-bond donors (Lipinski definition) is 1. The van der Waals surface area contributed by atoms with Crippen LogP contribution in [-0.4, -0.2) is 9.78 Å². The van der Waals surface area contributed by atoms with Gasteiger partial charge < -0.3 is 5.73 Å². The van der Waals surface area contributed by atoms with Crippen LogP contribution < -0.4 is 5.73 Å². The van der Waals surface area contributed by atoms with E-state index in [0.29, 0.717) is 10.7 Å². The maximum atomic E-state index is 5.96. The molecule has 19 heavy (non-hydrogen) atoms. The van der Waals surface area contributed by atoms with Gasteiger partial charge in [-0.2, -0.15) is 5.10 Å². The number of nitrogens with zero attached hydrogens (tertiary/aromatic N) is 2. The molecule has 2 N–H and O–H groups in total. The highest BCUT2D eigenvalue weighted by atomic mass is 79.9. The van der Waals surface area contributed by atoms with E-state index in [-0.39, 0.29) is 0 Å². The molecule has 0 bridgehead atoms. The first-order chi connectivity index (χ1) is 9.02. The monoisotopic (exact) mass is 359 g/mol. The van der Waals surface area contributed by atoms with Gasteiger partial charge in [-0.05, 0) is 48.0 Å². The van der Waals surface area contributed by atoms with E-state index in [0.717, 1.165) is 27.4 Å². The van der Waals surface area contributed by atoms with Crippen LogP contribution >= 0.6 is 39.3 Å². The fourth-order valence-corrected chi connectivity index (χ4v) is 3.57. The van der Waals surface area contributed by atoms with Crippen LogP contribution in [0.5, 0.6) is 0 Å². The Hall–Kier alpha value is -0.650. The highest BCUT2D eigenvalue weighted by Gasteiger charge is 2.12. The Bertz CT molecular complexity index is 598. The van der Waals surface area contributed by atoms with Crippen molar-refractivity contribution in [2.24, 2.45) is 0 Å². The summed E-state index contributed by atoms with van der Waals surface area (Å²) in [6, 6.07) is 5.59. The minimum atomic E-state index is 0.664. The smallest absolute Gasteiger partial charge is 0.0739 e. The molecule has 1 aromatic heterocycles. The first kappa shape index (κ1) is 14.8. The van der Waals surface area contributed by atoms with Crippen LogP contribution in [-0.2, 0) is 12.3 Å². The Morgan fingerprint density at radius 1 is 1.47 bits per heavy atom. The molecule has 0 saturated carbocycles. The van der Waals surface area contributed by atoms with Gasteiger partial charge in [0, 0.05) is 27.9 Å². The molecule has 0 radical (unpaired) electrons. The van der Waals surface area contributed by atoms with Gasteiger partial charge >= 0.3 is 0 Å². The van der Waals surface area contributed by atoms with Gasteiger partial charge in [0.15, 0.2) is 0 Å². The standard InChI is InChI=1S/C13H15BrClN3S/c1-3-18-11(13(14)8(2)17-18)7-19-12-5-4-9(15)6-10(12)16/h4-6H,3,7,16H2,1-2H3. The number of aryl methyl sites for hydroxylation is 2. The van der Waals surface area contributed by atoms with Gasteiger partial charge in [0.1, 0.15) is 0 Å². The molecule has 0 spiro atoms. The molecule has 2 rings (SSSR count). The van der Waals surface area contributed by atoms with E-state index >= 15 is 0 Å². The molecule has 0 aliphatic carbocycles. The number of nitrogen functional groups attached to an aromatic ring is 1. The molecule has 0 fully saturated rings. The van der Waals surface area contributed by atoms with E-state index in [1.807, 2.05) is 23.7 Å². The zero-order chi connectivity index (χ0) is 14.0. The maximum absolute atomic E-state index is 5.96. The van der Waals surface area contributed by atoms with Gasteiger partial charge in [-0.3, -0.25) is 4.68 Å². The Balaban J connectivity index is 2.18. The molecule has 0 aliphatic heterocycles. The molecule has 2 aromatic rings. The topological polar surface area (TPSA) is 43.8 Å². The fourth-order valence-electron chi connectivity index (χ4n) is 1.80. The van der Waals surface area contributed by atoms with E-state index in [1.165, 1.54) is 5.69 Å². The van der Waals surface area contributed by atoms with Gasteiger partial charge in [0.05, 0.1) is 15.9 Å². The predicted octanol–water partition coefficient (Wildman–Crippen LogP) is 4.50. The average molecular weight is 361 g/mol. The molecule has 0 unspecified atom stereocenters. The molecule has 3 nitrogen and oxygen atoms in total. The Morgan fingerprint density at radius 3 is 2.84 bits per heavy atom. The second-order valence-corrected chi connectivity index (χ2v) is 6.38. The number of rotatable bonds is 4. The third-order valence-electron chi connectivity index (χ3n) is 2.79. The number of benzene rings is 1. The predicted molar refractivity (Wildman–Crippen MR) is 85.8 cm³/mol. The first-order valence-corrected chi connectivity index (χ1v) is 8.08. The highest BCUT2D eigenvalue weighted by Crippen LogP contribution is 2.33. The van der Waals surface area contributed by atoms with Crippen LogP contribution in [0.2, 0.25) is 5.02 Å². The number of hydrogen-bond acceptors (Lipinski definition) is 3. The van der Waals surface area contributed by atoms with Crippen LogP contribution in [0, 0.1) is 6.92 Å². The molecule has 0 saturated heterocycles. The normalized spacial score (nSPS) is 10.9. The molecule has 0 amide bonds. The summed E-state index contributed by atoms with van der Waals surface area (Å²) in [6.07, 6.45) is 0. The summed E-state index contributed by atoms with van der Waals surface area (Å²) in [7, 11) is 0. The summed E-state index contributed by atoms with van der Waals surface area (Å²) in [5, 5.41) is 5.15. The van der Waals surface area contributed by atoms with Crippen LogP contribution in [0.3, 0.4) is 0 Å². The first-order valence-electron chi connectivity index (χ1n) is 5.92. The summed E-state index contributed by atoms with van der Waals surface area (Å²) >= 11 is 11.2. The Labute approximate surface area is 130 Å². The van der Waals surface area contributed by atoms with Crippen molar-refractivity contribution in [3.05, 3.63) is 39.1 Å². The molecular formula is C13H15BrClN3S. The van der Waals surface area contributed by atoms with Crippen molar-refractivity contribution in [3.8, 4) is 0 Å². The van der Waals surface area contributed by atoms with Gasteiger partial charge in [-0.1, -0.05) is 11.6 Å². The SMILES string of the molecule is CCn1nc(C)c(Br)c1CSc1ccc(Cl)cc1N. The lowest BCUT2D eigenvalue weighted by molar-refractivity contribution is 0.631. The van der Waals surface area contributed by atoms with Crippen LogP contribution in [0.25, 0.3) is 0 Å². The Morgan fingerprint density at radius 2 is 2.21 bits per heavy atom. The lowest BCUT2D eigenvalue weighted by Gasteiger charge is -2.08. The van der Waals surface area contributed by atoms with E-state index in [2.05, 4.69) is 28.0 Å². The van der Waals surface area contributed by atoms with E-state index in [1.54, 1.807) is 17.8 Å². The van der Waals surface area contributed by atoms with Crippen LogP contribution in [0.15, 0.2) is 27.6 Å². The second kappa shape index (κ2) is 6.20. The van der Waals surface area contributed by atoms with Crippen molar-refractivity contribution in [1.29, 1.82) is 0 Å². The molecule has 0 aliphatic rings. The van der Waals surface area contributed by atoms with Crippen molar-refractivity contribution in [2.45, 2.75) is 31.0 Å². The lowest BCUT2D eigenvalue weighted by atomic mass is 10.3. The summed E-state index contributed by atoms with van der Waals surface area (Å²) in [5.74, 6) is 0.821. The van der Waals surface area contributed by atoms with Crippen LogP contribution in [0.1, 0.15) is 18.3 Å². The Kier molecular flexibility index (Phi) is 4.81. The van der Waals surface area contributed by atoms with Crippen molar-refractivity contribution < 1.29 is 0 Å². The van der Waals surface area contributed by atoms with E-state index in [9.17, 15) is 0 Å². The summed E-state index contributed by atoms with van der Waals surface area (Å²) in [4.78, 5) is 1.04. The largest absolute Gasteiger partial charge is 0.398 e. The third kappa shape index (κ3) is 3.27. The maximum Gasteiger partial charge on any atom is 0.0739 e. The zero-order valence-corrected chi connectivity index (χ0v) is 13.9. The van der Waals surface area contributed by atoms with E-state index < -0.39 is 0 Å². The third-order valence-corrected chi connectivity index (χ3v) is 5.16. The molecule has 6 heteroatoms. The quantitative estimate of drug-likeness (QED) is 0.645. The van der Waals surface area contributed by atoms with Gasteiger partial charge in [-0.15, -0.1) is 11.8 Å². The van der Waals surface area contributed by atoms with Crippen molar-refractivity contribution in [1.82, 2.24) is 9.78 Å². The van der Waals surface area contributed by atoms with Crippen molar-refractivity contribution in [2.75, 3.05) is 5.73 Å². The molecule has 1 heterocycles. The molecular weight excluding hydrogens is 346 g/mol. The molecule has 0 atom stereocenters. The van der Waals surface area contributed by atoms with Crippen molar-refractivity contribution in [3.63, 3.8) is 0 Å². The number of nitrogens with two attached hydrogens (primary N) is 1. The summed E-state index contributed by atoms with van der Waals surface area (Å²) in [6.45, 7) is 4.95. The van der Waals surface area contributed by atoms with Gasteiger partial charge in [0.2, 0.25) is 0 Å². The fraction of sp³-hybridized carbons (Fsp3) is 0.308. The molecule has 1 aromatic carbocycles. The number of halogens is 2. The van der Waals surface area contributed by atoms with Gasteiger partial charge in [0.25, 0.3) is 0 Å². The minimum absolute atomic E-state index is 0.664. The van der Waals surface area contributed by atoms with Crippen molar-refractivity contribution >= 4 is 45.0 Å². The molecule has 102 valence electrons. The van der Waals surface area contributed by atoms with E-state index in [4.69, 9.17) is 17.3 Å². The summed E-state index contributed by atoms with van der Waals surface area (Å²) in [5.41, 5.74) is 8.87. The number of anilines is 1. The number of aromatic nitrogens is 2. The number of thioether (sulfide) groups is 1. The highest BCUT2D eigenvalue weighted by molar-refractivity contribution is 9.10. The average Bonchev–Trinajstić information content (AvgIpc) is 2.65. The van der Waals surface area contributed by atoms with Crippen LogP contribution in [0.4, 0.5) is 5.69 Å². The minimum Gasteiger partial charge on any atom is -0.398 e. The zero-order valence-electron chi connectivity index (χ0n) is 10.8. The summed E-state index contributed by atoms with van der Waals surface area (Å²) < 4.78 is 3.09.